The van der Waals surface area contributed by atoms with Crippen molar-refractivity contribution < 1.29 is 9.16 Å². The van der Waals surface area contributed by atoms with E-state index >= 15 is 0 Å². The predicted molar refractivity (Wildman–Crippen MR) is 120 cm³/mol. The first-order chi connectivity index (χ1) is 12.8. The van der Waals surface area contributed by atoms with Gasteiger partial charge in [-0.2, -0.15) is 0 Å². The van der Waals surface area contributed by atoms with E-state index in [0.717, 1.165) is 0 Å². The summed E-state index contributed by atoms with van der Waals surface area (Å²) in [6, 6.07) is 3.12. The van der Waals surface area contributed by atoms with Gasteiger partial charge in [0.1, 0.15) is 0 Å². The van der Waals surface area contributed by atoms with Gasteiger partial charge >= 0.3 is 0 Å². The lowest BCUT2D eigenvalue weighted by Crippen LogP contribution is -2.41. The first-order valence-corrected chi connectivity index (χ1v) is 12.9. The first-order valence-electron chi connectivity index (χ1n) is 8.90. The second-order valence-corrected chi connectivity index (χ2v) is 14.3. The Morgan fingerprint density at radius 1 is 1.14 bits per heavy atom. The molecule has 0 aliphatic rings. The number of nitrogens with zero attached hydrogens (tertiary/aromatic N) is 2. The molecule has 2 aromatic rings. The third-order valence-corrected chi connectivity index (χ3v) is 10.3. The molecule has 0 radical (unpaired) electrons. The van der Waals surface area contributed by atoms with Crippen molar-refractivity contribution in [2.45, 2.75) is 51.7 Å². The SMILES string of the molecule is CC(CO[Si](C)(C)C(C)(C)C)c1nc(Oc2c(Cl)cc(N)cc2Cl)cnc1Cl. The average molecular weight is 463 g/mol. The Balaban J connectivity index is 2.22. The number of benzene rings is 1. The van der Waals surface area contributed by atoms with E-state index in [1.807, 2.05) is 6.92 Å². The summed E-state index contributed by atoms with van der Waals surface area (Å²) in [7, 11) is -1.88. The Morgan fingerprint density at radius 3 is 2.25 bits per heavy atom. The maximum absolute atomic E-state index is 6.29. The summed E-state index contributed by atoms with van der Waals surface area (Å²) in [4.78, 5) is 8.69. The van der Waals surface area contributed by atoms with E-state index in [9.17, 15) is 0 Å². The standard InChI is InChI=1S/C19H26Cl3N3O2Si/c1-11(10-26-28(5,6)19(2,3)4)16-18(22)24-9-15(25-16)27-17-13(20)7-12(23)8-14(17)21/h7-9,11H,10,23H2,1-6H3. The largest absolute Gasteiger partial charge is 0.434 e. The van der Waals surface area contributed by atoms with E-state index in [-0.39, 0.29) is 32.6 Å². The number of anilines is 1. The van der Waals surface area contributed by atoms with Crippen molar-refractivity contribution in [2.75, 3.05) is 12.3 Å². The normalized spacial score (nSPS) is 13.5. The van der Waals surface area contributed by atoms with Crippen LogP contribution >= 0.6 is 34.8 Å². The highest BCUT2D eigenvalue weighted by atomic mass is 35.5. The maximum atomic E-state index is 6.29. The molecule has 1 heterocycles. The van der Waals surface area contributed by atoms with Gasteiger partial charge in [0.05, 0.1) is 21.9 Å². The molecule has 9 heteroatoms. The van der Waals surface area contributed by atoms with Crippen molar-refractivity contribution in [3.05, 3.63) is 39.2 Å². The molecule has 0 aliphatic heterocycles. The summed E-state index contributed by atoms with van der Waals surface area (Å²) in [6.45, 7) is 13.5. The highest BCUT2D eigenvalue weighted by molar-refractivity contribution is 6.74. The van der Waals surface area contributed by atoms with Crippen molar-refractivity contribution in [3.63, 3.8) is 0 Å². The summed E-state index contributed by atoms with van der Waals surface area (Å²) in [5.74, 6) is 0.451. The molecule has 28 heavy (non-hydrogen) atoms. The fourth-order valence-corrected chi connectivity index (χ4v) is 4.10. The van der Waals surface area contributed by atoms with Gasteiger partial charge in [0.25, 0.3) is 0 Å². The van der Waals surface area contributed by atoms with Gasteiger partial charge in [0.2, 0.25) is 5.88 Å². The van der Waals surface area contributed by atoms with Gasteiger partial charge in [-0.25, -0.2) is 9.97 Å². The molecule has 0 spiro atoms. The van der Waals surface area contributed by atoms with Crippen molar-refractivity contribution in [3.8, 4) is 11.6 Å². The molecular formula is C19H26Cl3N3O2Si. The molecular weight excluding hydrogens is 437 g/mol. The van der Waals surface area contributed by atoms with Gasteiger partial charge in [-0.15, -0.1) is 0 Å². The molecule has 0 saturated heterocycles. The summed E-state index contributed by atoms with van der Waals surface area (Å²) >= 11 is 18.6. The van der Waals surface area contributed by atoms with Crippen LogP contribution in [-0.2, 0) is 4.43 Å². The number of nitrogen functional groups attached to an aromatic ring is 1. The zero-order valence-corrected chi connectivity index (χ0v) is 20.2. The molecule has 5 nitrogen and oxygen atoms in total. The Morgan fingerprint density at radius 2 is 1.71 bits per heavy atom. The number of ether oxygens (including phenoxy) is 1. The number of aromatic nitrogens is 2. The van der Waals surface area contributed by atoms with Crippen LogP contribution in [0.15, 0.2) is 18.3 Å². The summed E-state index contributed by atoms with van der Waals surface area (Å²) < 4.78 is 12.0. The topological polar surface area (TPSA) is 70.3 Å². The lowest BCUT2D eigenvalue weighted by Gasteiger charge is -2.37. The number of nitrogens with two attached hydrogens (primary N) is 1. The minimum atomic E-state index is -1.88. The van der Waals surface area contributed by atoms with E-state index in [2.05, 4.69) is 43.8 Å². The number of rotatable bonds is 6. The fourth-order valence-electron chi connectivity index (χ4n) is 2.14. The molecule has 1 atom stereocenters. The third kappa shape index (κ3) is 5.51. The van der Waals surface area contributed by atoms with Crippen molar-refractivity contribution in [2.24, 2.45) is 0 Å². The van der Waals surface area contributed by atoms with E-state index in [1.54, 1.807) is 12.1 Å². The van der Waals surface area contributed by atoms with Crippen molar-refractivity contribution in [1.82, 2.24) is 9.97 Å². The van der Waals surface area contributed by atoms with Crippen LogP contribution in [0.3, 0.4) is 0 Å². The van der Waals surface area contributed by atoms with Gasteiger partial charge in [-0.3, -0.25) is 0 Å². The van der Waals surface area contributed by atoms with E-state index in [4.69, 9.17) is 49.7 Å². The summed E-state index contributed by atoms with van der Waals surface area (Å²) in [5, 5.41) is 1.01. The lowest BCUT2D eigenvalue weighted by molar-refractivity contribution is 0.266. The fraction of sp³-hybridized carbons (Fsp3) is 0.474. The molecule has 2 rings (SSSR count). The first kappa shape index (κ1) is 23.2. The minimum Gasteiger partial charge on any atom is -0.434 e. The van der Waals surface area contributed by atoms with Crippen LogP contribution in [0.2, 0.25) is 33.3 Å². The minimum absolute atomic E-state index is 0.0602. The highest BCUT2D eigenvalue weighted by Crippen LogP contribution is 2.39. The summed E-state index contributed by atoms with van der Waals surface area (Å²) in [5.41, 5.74) is 6.77. The number of hydrogen-bond acceptors (Lipinski definition) is 5. The van der Waals surface area contributed by atoms with Gasteiger partial charge in [-0.05, 0) is 30.3 Å². The van der Waals surface area contributed by atoms with E-state index in [0.29, 0.717) is 23.1 Å². The smallest absolute Gasteiger partial charge is 0.238 e. The molecule has 0 aliphatic carbocycles. The molecule has 154 valence electrons. The van der Waals surface area contributed by atoms with Crippen LogP contribution in [-0.4, -0.2) is 24.9 Å². The van der Waals surface area contributed by atoms with Crippen LogP contribution in [0.4, 0.5) is 5.69 Å². The molecule has 0 amide bonds. The lowest BCUT2D eigenvalue weighted by atomic mass is 10.1. The molecule has 1 unspecified atom stereocenters. The van der Waals surface area contributed by atoms with Gasteiger partial charge in [-0.1, -0.05) is 62.5 Å². The Hall–Kier alpha value is -1.05. The third-order valence-electron chi connectivity index (χ3n) is 4.92. The second kappa shape index (κ2) is 8.75. The van der Waals surface area contributed by atoms with Crippen LogP contribution in [0.25, 0.3) is 0 Å². The van der Waals surface area contributed by atoms with Crippen molar-refractivity contribution in [1.29, 1.82) is 0 Å². The van der Waals surface area contributed by atoms with Crippen LogP contribution in [0, 0.1) is 0 Å². The molecule has 1 aromatic heterocycles. The van der Waals surface area contributed by atoms with E-state index < -0.39 is 8.32 Å². The quantitative estimate of drug-likeness (QED) is 0.372. The molecule has 0 bridgehead atoms. The van der Waals surface area contributed by atoms with Crippen LogP contribution in [0.1, 0.15) is 39.3 Å². The Bertz CT molecular complexity index is 834. The van der Waals surface area contributed by atoms with E-state index in [1.165, 1.54) is 6.20 Å². The maximum Gasteiger partial charge on any atom is 0.238 e. The average Bonchev–Trinajstić information content (AvgIpc) is 2.56. The molecule has 0 fully saturated rings. The molecule has 0 saturated carbocycles. The van der Waals surface area contributed by atoms with Crippen LogP contribution < -0.4 is 10.5 Å². The monoisotopic (exact) mass is 461 g/mol. The van der Waals surface area contributed by atoms with Crippen molar-refractivity contribution >= 4 is 48.8 Å². The van der Waals surface area contributed by atoms with Gasteiger partial charge in [0.15, 0.2) is 19.2 Å². The van der Waals surface area contributed by atoms with Gasteiger partial charge in [0, 0.05) is 18.2 Å². The van der Waals surface area contributed by atoms with Crippen LogP contribution in [0.5, 0.6) is 11.6 Å². The Kier molecular flexibility index (Phi) is 7.26. The van der Waals surface area contributed by atoms with Gasteiger partial charge < -0.3 is 14.9 Å². The second-order valence-electron chi connectivity index (χ2n) is 8.27. The zero-order chi connectivity index (χ0) is 21.3. The zero-order valence-electron chi connectivity index (χ0n) is 16.9. The predicted octanol–water partition coefficient (Wildman–Crippen LogP) is 6.94. The molecule has 1 aromatic carbocycles. The summed E-state index contributed by atoms with van der Waals surface area (Å²) in [6.07, 6.45) is 1.43. The highest BCUT2D eigenvalue weighted by Gasteiger charge is 2.37. The number of hydrogen-bond donors (Lipinski definition) is 1. The molecule has 2 N–H and O–H groups in total. The number of halogens is 3. The Labute approximate surface area is 182 Å².